The van der Waals surface area contributed by atoms with Gasteiger partial charge in [-0.05, 0) is 94.5 Å². The quantitative estimate of drug-likeness (QED) is 0.0879. The van der Waals surface area contributed by atoms with Crippen LogP contribution in [0.5, 0.6) is 5.75 Å². The Labute approximate surface area is 306 Å². The highest BCUT2D eigenvalue weighted by Crippen LogP contribution is 2.48. The molecular weight excluding hydrogens is 685 g/mol. The van der Waals surface area contributed by atoms with Crippen LogP contribution in [0.1, 0.15) is 63.8 Å². The van der Waals surface area contributed by atoms with Gasteiger partial charge in [0.2, 0.25) is 5.90 Å². The van der Waals surface area contributed by atoms with Crippen molar-refractivity contribution in [2.45, 2.75) is 53.6 Å². The molecule has 1 atom stereocenters. The van der Waals surface area contributed by atoms with Gasteiger partial charge in [-0.1, -0.05) is 41.4 Å². The lowest BCUT2D eigenvalue weighted by atomic mass is 9.98. The molecule has 0 bridgehead atoms. The van der Waals surface area contributed by atoms with Crippen molar-refractivity contribution in [1.82, 2.24) is 18.9 Å². The van der Waals surface area contributed by atoms with Crippen LogP contribution in [0.2, 0.25) is 10.0 Å². The molecule has 6 aromatic rings. The molecule has 0 saturated carbocycles. The van der Waals surface area contributed by atoms with Crippen LogP contribution in [-0.4, -0.2) is 43.7 Å². The van der Waals surface area contributed by atoms with Gasteiger partial charge in [-0.15, -0.1) is 0 Å². The molecule has 0 fully saturated rings. The van der Waals surface area contributed by atoms with Crippen LogP contribution < -0.4 is 9.64 Å². The third-order valence-electron chi connectivity index (χ3n) is 10.1. The fraction of sp³-hybridized carbons (Fsp3) is 0.282. The van der Waals surface area contributed by atoms with Crippen molar-refractivity contribution in [2.24, 2.45) is 14.1 Å². The molecule has 0 spiro atoms. The van der Waals surface area contributed by atoms with Gasteiger partial charge in [0, 0.05) is 46.7 Å². The zero-order valence-corrected chi connectivity index (χ0v) is 31.1. The van der Waals surface area contributed by atoms with Crippen LogP contribution in [0.4, 0.5) is 5.69 Å². The van der Waals surface area contributed by atoms with Crippen LogP contribution in [0.25, 0.3) is 32.9 Å². The third-order valence-corrected chi connectivity index (χ3v) is 11.0. The number of carbonyl (C=O) groups is 1. The number of halogens is 2. The minimum absolute atomic E-state index is 0.124. The van der Waals surface area contributed by atoms with Crippen LogP contribution in [0.3, 0.4) is 0 Å². The van der Waals surface area contributed by atoms with E-state index >= 15 is 0 Å². The number of aryl methyl sites for hydroxylation is 6. The second-order valence-electron chi connectivity index (χ2n) is 13.2. The summed E-state index contributed by atoms with van der Waals surface area (Å²) in [7, 11) is 3.76. The van der Waals surface area contributed by atoms with Crippen LogP contribution in [-0.2, 0) is 25.3 Å². The molecule has 10 nitrogen and oxygen atoms in total. The van der Waals surface area contributed by atoms with Gasteiger partial charge in [-0.2, -0.15) is 5.10 Å². The number of benzene rings is 3. The predicted octanol–water partition coefficient (Wildman–Crippen LogP) is 9.21. The van der Waals surface area contributed by atoms with Crippen molar-refractivity contribution >= 4 is 68.9 Å². The summed E-state index contributed by atoms with van der Waals surface area (Å²) >= 11 is 13.5. The number of hydrogen-bond donors (Lipinski definition) is 2. The topological polar surface area (TPSA) is 114 Å². The van der Waals surface area contributed by atoms with Gasteiger partial charge >= 0.3 is 0 Å². The third kappa shape index (κ3) is 5.39. The Hall–Kier alpha value is -5.06. The number of aromatic nitrogens is 4. The smallest absolute Gasteiger partial charge is 0.277 e. The molecule has 7 rings (SSSR count). The van der Waals surface area contributed by atoms with Crippen molar-refractivity contribution in [3.8, 4) is 16.9 Å². The summed E-state index contributed by atoms with van der Waals surface area (Å²) in [6, 6.07) is 15.5. The summed E-state index contributed by atoms with van der Waals surface area (Å²) in [5.41, 5.74) is 9.99. The number of nitrogens with zero attached hydrogens (tertiary/aromatic N) is 5. The SMILES string of the molecule is Cc1cc(OCCCc2c3n(c4c(-c5c(C)nn(C)c5C)c(Cl)ccc24)[C@H](C)N(c2cccc4cc(C(=N)OC=N)n(C)c24)C3=O)cc(C)c1Cl. The van der Waals surface area contributed by atoms with Gasteiger partial charge < -0.3 is 18.6 Å². The average Bonchev–Trinajstić information content (AvgIpc) is 3.76. The van der Waals surface area contributed by atoms with E-state index < -0.39 is 6.17 Å². The van der Waals surface area contributed by atoms with E-state index in [9.17, 15) is 4.79 Å². The fourth-order valence-corrected chi connectivity index (χ4v) is 8.10. The number of anilines is 1. The Balaban J connectivity index is 1.37. The lowest BCUT2D eigenvalue weighted by molar-refractivity contribution is 0.0992. The number of ether oxygens (including phenoxy) is 2. The number of nitrogens with one attached hydrogen (secondary N) is 2. The average molecular weight is 725 g/mol. The summed E-state index contributed by atoms with van der Waals surface area (Å²) in [5, 5.41) is 23.6. The molecule has 0 unspecified atom stereocenters. The Kier molecular flexibility index (Phi) is 8.71. The maximum absolute atomic E-state index is 14.9. The van der Waals surface area contributed by atoms with Crippen molar-refractivity contribution in [3.05, 3.63) is 98.0 Å². The molecule has 0 saturated heterocycles. The highest BCUT2D eigenvalue weighted by molar-refractivity contribution is 6.35. The number of para-hydroxylation sites is 1. The number of carbonyl (C=O) groups excluding carboxylic acids is 1. The molecule has 1 amide bonds. The molecule has 0 aliphatic carbocycles. The Morgan fingerprint density at radius 2 is 1.73 bits per heavy atom. The zero-order chi connectivity index (χ0) is 36.5. The molecular formula is C39H39Cl2N7O3. The number of hydrogen-bond acceptors (Lipinski definition) is 6. The predicted molar refractivity (Wildman–Crippen MR) is 205 cm³/mol. The fourth-order valence-electron chi connectivity index (χ4n) is 7.74. The van der Waals surface area contributed by atoms with Gasteiger partial charge in [0.05, 0.1) is 34.0 Å². The summed E-state index contributed by atoms with van der Waals surface area (Å²) in [6.07, 6.45) is 1.59. The van der Waals surface area contributed by atoms with Crippen molar-refractivity contribution in [2.75, 3.05) is 11.5 Å². The number of rotatable bonds is 9. The lowest BCUT2D eigenvalue weighted by Gasteiger charge is -2.25. The Morgan fingerprint density at radius 3 is 2.39 bits per heavy atom. The summed E-state index contributed by atoms with van der Waals surface area (Å²) in [5.74, 6) is 0.493. The Bertz CT molecular complexity index is 2410. The Morgan fingerprint density at radius 1 is 1.00 bits per heavy atom. The second kappa shape index (κ2) is 12.9. The highest BCUT2D eigenvalue weighted by atomic mass is 35.5. The molecule has 1 aliphatic heterocycles. The van der Waals surface area contributed by atoms with Gasteiger partial charge in [-0.25, -0.2) is 0 Å². The normalized spacial score (nSPS) is 14.2. The first kappa shape index (κ1) is 34.4. The minimum Gasteiger partial charge on any atom is -0.494 e. The van der Waals surface area contributed by atoms with E-state index in [4.69, 9.17) is 48.6 Å². The molecule has 2 N–H and O–H groups in total. The monoisotopic (exact) mass is 723 g/mol. The molecule has 0 radical (unpaired) electrons. The first-order valence-electron chi connectivity index (χ1n) is 16.8. The van der Waals surface area contributed by atoms with Gasteiger partial charge in [0.25, 0.3) is 5.91 Å². The molecule has 4 heterocycles. The summed E-state index contributed by atoms with van der Waals surface area (Å²) in [6.45, 7) is 10.4. The zero-order valence-electron chi connectivity index (χ0n) is 29.6. The largest absolute Gasteiger partial charge is 0.494 e. The van der Waals surface area contributed by atoms with E-state index in [1.807, 2.05) is 111 Å². The number of fused-ring (bicyclic) bond motifs is 4. The van der Waals surface area contributed by atoms with E-state index in [1.54, 1.807) is 0 Å². The van der Waals surface area contributed by atoms with E-state index in [0.29, 0.717) is 41.5 Å². The molecule has 12 heteroatoms. The maximum atomic E-state index is 14.9. The maximum Gasteiger partial charge on any atom is 0.277 e. The minimum atomic E-state index is -0.421. The van der Waals surface area contributed by atoms with Crippen LogP contribution in [0, 0.1) is 38.5 Å². The van der Waals surface area contributed by atoms with E-state index in [0.717, 1.165) is 78.2 Å². The van der Waals surface area contributed by atoms with Crippen molar-refractivity contribution in [3.63, 3.8) is 0 Å². The molecule has 1 aliphatic rings. The summed E-state index contributed by atoms with van der Waals surface area (Å²) < 4.78 is 17.1. The van der Waals surface area contributed by atoms with Gasteiger partial charge in [-0.3, -0.25) is 25.2 Å². The number of amides is 1. The van der Waals surface area contributed by atoms with E-state index in [-0.39, 0.29) is 11.8 Å². The highest BCUT2D eigenvalue weighted by Gasteiger charge is 2.41. The van der Waals surface area contributed by atoms with Gasteiger partial charge in [0.1, 0.15) is 23.3 Å². The second-order valence-corrected chi connectivity index (χ2v) is 14.0. The first-order valence-corrected chi connectivity index (χ1v) is 17.5. The van der Waals surface area contributed by atoms with Crippen molar-refractivity contribution in [1.29, 1.82) is 10.8 Å². The summed E-state index contributed by atoms with van der Waals surface area (Å²) in [4.78, 5) is 16.8. The van der Waals surface area contributed by atoms with E-state index in [2.05, 4.69) is 4.57 Å². The van der Waals surface area contributed by atoms with Crippen LogP contribution >= 0.6 is 23.2 Å². The van der Waals surface area contributed by atoms with Crippen LogP contribution in [0.15, 0.2) is 48.5 Å². The molecule has 3 aromatic heterocycles. The van der Waals surface area contributed by atoms with E-state index in [1.165, 1.54) is 0 Å². The molecule has 51 heavy (non-hydrogen) atoms. The molecule has 262 valence electrons. The standard InChI is InChI=1S/C39H39Cl2N7O3/c1-20-16-26(17-21(2)34(20)41)50-15-9-11-27-28-13-14-29(40)33(32-22(3)44-46(7)23(32)4)36(28)48-24(5)47(39(49)37(27)48)30-12-8-10-25-18-31(38(43)51-19-42)45(6)35(25)30/h8,10,12-14,16-19,24,42-43H,9,11,15H2,1-7H3/t24-/m1/s1. The van der Waals surface area contributed by atoms with Gasteiger partial charge in [0.15, 0.2) is 6.40 Å². The first-order chi connectivity index (χ1) is 24.3. The van der Waals surface area contributed by atoms with Crippen molar-refractivity contribution < 1.29 is 14.3 Å². The molecule has 3 aromatic carbocycles. The lowest BCUT2D eigenvalue weighted by Crippen LogP contribution is -2.28.